The average molecular weight is 347 g/mol. The van der Waals surface area contributed by atoms with E-state index in [2.05, 4.69) is 44.6 Å². The van der Waals surface area contributed by atoms with Crippen LogP contribution < -0.4 is 5.32 Å². The molecule has 0 spiro atoms. The highest BCUT2D eigenvalue weighted by atomic mass is 16.2. The predicted octanol–water partition coefficient (Wildman–Crippen LogP) is 3.47. The molecule has 0 radical (unpaired) electrons. The minimum absolute atomic E-state index is 0.132. The van der Waals surface area contributed by atoms with Crippen molar-refractivity contribution in [2.24, 2.45) is 0 Å². The molecule has 1 aliphatic rings. The van der Waals surface area contributed by atoms with Crippen molar-refractivity contribution in [1.82, 2.24) is 19.7 Å². The lowest BCUT2D eigenvalue weighted by molar-refractivity contribution is 0.102. The van der Waals surface area contributed by atoms with Gasteiger partial charge in [-0.2, -0.15) is 5.10 Å². The second-order valence-electron chi connectivity index (χ2n) is 6.72. The highest BCUT2D eigenvalue weighted by Crippen LogP contribution is 2.35. The van der Waals surface area contributed by atoms with Crippen LogP contribution in [0.25, 0.3) is 0 Å². The smallest absolute Gasteiger partial charge is 0.277 e. The van der Waals surface area contributed by atoms with Crippen molar-refractivity contribution >= 4 is 11.7 Å². The third-order valence-electron chi connectivity index (χ3n) is 4.86. The van der Waals surface area contributed by atoms with Gasteiger partial charge in [0, 0.05) is 11.8 Å². The van der Waals surface area contributed by atoms with Crippen molar-refractivity contribution in [3.8, 4) is 0 Å². The maximum absolute atomic E-state index is 12.6. The molecule has 6 heteroatoms. The predicted molar refractivity (Wildman–Crippen MR) is 99.2 cm³/mol. The molecule has 0 saturated heterocycles. The maximum Gasteiger partial charge on any atom is 0.277 e. The second-order valence-corrected chi connectivity index (χ2v) is 6.72. The van der Waals surface area contributed by atoms with E-state index in [1.807, 2.05) is 18.5 Å². The Morgan fingerprint density at radius 3 is 2.81 bits per heavy atom. The van der Waals surface area contributed by atoms with Crippen LogP contribution in [-0.4, -0.2) is 25.7 Å². The van der Waals surface area contributed by atoms with Crippen molar-refractivity contribution in [1.29, 1.82) is 0 Å². The molecule has 0 saturated carbocycles. The number of fused-ring (bicyclic) bond motifs is 1. The number of rotatable bonds is 3. The van der Waals surface area contributed by atoms with Crippen LogP contribution in [0.2, 0.25) is 0 Å². The molecule has 0 fully saturated rings. The van der Waals surface area contributed by atoms with Crippen molar-refractivity contribution in [2.45, 2.75) is 39.2 Å². The quantitative estimate of drug-likeness (QED) is 0.787. The number of carbonyl (C=O) groups excluding carboxylic acids is 1. The van der Waals surface area contributed by atoms with Crippen LogP contribution in [-0.2, 0) is 6.42 Å². The van der Waals surface area contributed by atoms with E-state index < -0.39 is 0 Å². The van der Waals surface area contributed by atoms with Gasteiger partial charge in [-0.05, 0) is 44.2 Å². The Labute approximate surface area is 152 Å². The maximum atomic E-state index is 12.6. The van der Waals surface area contributed by atoms with E-state index in [0.717, 1.165) is 36.3 Å². The minimum atomic E-state index is -0.272. The van der Waals surface area contributed by atoms with E-state index in [-0.39, 0.29) is 11.9 Å². The van der Waals surface area contributed by atoms with Gasteiger partial charge in [0.05, 0.1) is 24.1 Å². The van der Waals surface area contributed by atoms with E-state index in [4.69, 9.17) is 0 Å². The number of amides is 1. The molecule has 2 aromatic heterocycles. The highest BCUT2D eigenvalue weighted by Gasteiger charge is 2.25. The van der Waals surface area contributed by atoms with E-state index in [9.17, 15) is 4.79 Å². The van der Waals surface area contributed by atoms with Crippen molar-refractivity contribution in [2.75, 3.05) is 5.32 Å². The second kappa shape index (κ2) is 6.71. The summed E-state index contributed by atoms with van der Waals surface area (Å²) in [5.41, 5.74) is 4.65. The molecule has 3 aromatic rings. The summed E-state index contributed by atoms with van der Waals surface area (Å²) in [5, 5.41) is 7.55. The molecule has 0 bridgehead atoms. The van der Waals surface area contributed by atoms with Gasteiger partial charge in [0.1, 0.15) is 11.5 Å². The zero-order valence-electron chi connectivity index (χ0n) is 14.9. The molecular formula is C20H21N5O. The Kier molecular flexibility index (Phi) is 4.24. The molecule has 1 N–H and O–H groups in total. The summed E-state index contributed by atoms with van der Waals surface area (Å²) in [7, 11) is 0. The van der Waals surface area contributed by atoms with Gasteiger partial charge in [0.15, 0.2) is 0 Å². The number of carbonyl (C=O) groups is 1. The molecule has 1 aromatic carbocycles. The van der Waals surface area contributed by atoms with Gasteiger partial charge in [0.2, 0.25) is 0 Å². The molecule has 4 rings (SSSR count). The molecule has 0 aliphatic heterocycles. The fourth-order valence-corrected chi connectivity index (χ4v) is 3.50. The topological polar surface area (TPSA) is 72.7 Å². The summed E-state index contributed by atoms with van der Waals surface area (Å²) < 4.78 is 1.94. The SMILES string of the molecule is Cc1cnc(C(=O)Nc2c(C)cnn2C2CCCc3ccccc32)cn1. The van der Waals surface area contributed by atoms with Gasteiger partial charge in [-0.25, -0.2) is 9.67 Å². The number of aromatic nitrogens is 4. The summed E-state index contributed by atoms with van der Waals surface area (Å²) in [6.07, 6.45) is 8.09. The van der Waals surface area contributed by atoms with Gasteiger partial charge < -0.3 is 5.32 Å². The lowest BCUT2D eigenvalue weighted by Crippen LogP contribution is -2.23. The Bertz CT molecular complexity index is 945. The van der Waals surface area contributed by atoms with Crippen LogP contribution in [0.1, 0.15) is 51.8 Å². The molecule has 1 unspecified atom stereocenters. The van der Waals surface area contributed by atoms with Crippen LogP contribution in [0.15, 0.2) is 42.9 Å². The first-order valence-corrected chi connectivity index (χ1v) is 8.85. The fourth-order valence-electron chi connectivity index (χ4n) is 3.50. The average Bonchev–Trinajstić information content (AvgIpc) is 3.02. The first-order chi connectivity index (χ1) is 12.6. The first kappa shape index (κ1) is 16.4. The zero-order valence-corrected chi connectivity index (χ0v) is 14.9. The van der Waals surface area contributed by atoms with Gasteiger partial charge in [-0.15, -0.1) is 0 Å². The van der Waals surface area contributed by atoms with E-state index in [0.29, 0.717) is 5.69 Å². The van der Waals surface area contributed by atoms with Crippen LogP contribution in [0.5, 0.6) is 0 Å². The summed E-state index contributed by atoms with van der Waals surface area (Å²) in [5.74, 6) is 0.450. The lowest BCUT2D eigenvalue weighted by Gasteiger charge is -2.27. The fraction of sp³-hybridized carbons (Fsp3) is 0.300. The van der Waals surface area contributed by atoms with Crippen molar-refractivity contribution < 1.29 is 4.79 Å². The van der Waals surface area contributed by atoms with Gasteiger partial charge >= 0.3 is 0 Å². The van der Waals surface area contributed by atoms with Crippen LogP contribution >= 0.6 is 0 Å². The van der Waals surface area contributed by atoms with Crippen molar-refractivity contribution in [3.05, 3.63) is 70.9 Å². The number of hydrogen-bond donors (Lipinski definition) is 1. The molecule has 26 heavy (non-hydrogen) atoms. The monoisotopic (exact) mass is 347 g/mol. The Balaban J connectivity index is 1.66. The number of nitrogens with one attached hydrogen (secondary N) is 1. The minimum Gasteiger partial charge on any atom is -0.305 e. The van der Waals surface area contributed by atoms with Gasteiger partial charge in [-0.3, -0.25) is 9.78 Å². The molecule has 1 atom stereocenters. The molecular weight excluding hydrogens is 326 g/mol. The Morgan fingerprint density at radius 1 is 1.15 bits per heavy atom. The van der Waals surface area contributed by atoms with E-state index >= 15 is 0 Å². The summed E-state index contributed by atoms with van der Waals surface area (Å²) in [6.45, 7) is 3.79. The van der Waals surface area contributed by atoms with Gasteiger partial charge in [0.25, 0.3) is 5.91 Å². The van der Waals surface area contributed by atoms with Gasteiger partial charge in [-0.1, -0.05) is 24.3 Å². The molecule has 2 heterocycles. The third-order valence-corrected chi connectivity index (χ3v) is 4.86. The summed E-state index contributed by atoms with van der Waals surface area (Å²) >= 11 is 0. The number of anilines is 1. The molecule has 1 aliphatic carbocycles. The molecule has 1 amide bonds. The normalized spacial score (nSPS) is 16.2. The van der Waals surface area contributed by atoms with E-state index in [1.165, 1.54) is 17.3 Å². The summed E-state index contributed by atoms with van der Waals surface area (Å²) in [4.78, 5) is 20.9. The number of hydrogen-bond acceptors (Lipinski definition) is 4. The van der Waals surface area contributed by atoms with Crippen LogP contribution in [0.3, 0.4) is 0 Å². The highest BCUT2D eigenvalue weighted by molar-refractivity contribution is 6.02. The number of aryl methyl sites for hydroxylation is 3. The Morgan fingerprint density at radius 2 is 2.00 bits per heavy atom. The van der Waals surface area contributed by atoms with Crippen LogP contribution in [0.4, 0.5) is 5.82 Å². The lowest BCUT2D eigenvalue weighted by atomic mass is 9.88. The molecule has 132 valence electrons. The standard InChI is InChI=1S/C20H21N5O/c1-13-10-23-25(18-9-5-7-15-6-3-4-8-16(15)18)19(13)24-20(26)17-12-21-14(2)11-22-17/h3-4,6,8,10-12,18H,5,7,9H2,1-2H3,(H,24,26). The third kappa shape index (κ3) is 2.98. The first-order valence-electron chi connectivity index (χ1n) is 8.85. The molecule has 6 nitrogen and oxygen atoms in total. The number of nitrogens with zero attached hydrogens (tertiary/aromatic N) is 4. The van der Waals surface area contributed by atoms with Crippen molar-refractivity contribution in [3.63, 3.8) is 0 Å². The zero-order chi connectivity index (χ0) is 18.1. The largest absolute Gasteiger partial charge is 0.305 e. The summed E-state index contributed by atoms with van der Waals surface area (Å²) in [6, 6.07) is 8.61. The van der Waals surface area contributed by atoms with Crippen LogP contribution in [0, 0.1) is 13.8 Å². The van der Waals surface area contributed by atoms with E-state index in [1.54, 1.807) is 12.4 Å². The number of benzene rings is 1. The Hall–Kier alpha value is -3.02.